The van der Waals surface area contributed by atoms with Crippen LogP contribution in [0.15, 0.2) is 22.8 Å². The zero-order valence-corrected chi connectivity index (χ0v) is 11.8. The Hall–Kier alpha value is -1.43. The minimum atomic E-state index is -0.876. The van der Waals surface area contributed by atoms with Gasteiger partial charge in [0.25, 0.3) is 5.91 Å². The molecule has 1 rings (SSSR count). The van der Waals surface area contributed by atoms with Gasteiger partial charge in [0.05, 0.1) is 0 Å². The molecule has 5 nitrogen and oxygen atoms in total. The summed E-state index contributed by atoms with van der Waals surface area (Å²) in [6.07, 6.45) is 1.92. The van der Waals surface area contributed by atoms with E-state index in [1.807, 2.05) is 0 Å². The number of rotatable bonds is 5. The highest BCUT2D eigenvalue weighted by Crippen LogP contribution is 2.13. The van der Waals surface area contributed by atoms with Crippen LogP contribution in [-0.2, 0) is 4.79 Å². The first-order chi connectivity index (χ1) is 8.30. The van der Waals surface area contributed by atoms with Crippen molar-refractivity contribution in [3.8, 4) is 0 Å². The fourth-order valence-corrected chi connectivity index (χ4v) is 1.60. The van der Waals surface area contributed by atoms with E-state index in [1.54, 1.807) is 32.2 Å². The third-order valence-corrected chi connectivity index (χ3v) is 2.84. The van der Waals surface area contributed by atoms with Crippen molar-refractivity contribution in [1.82, 2.24) is 10.3 Å². The number of carboxylic acid groups (broad SMARTS) is 1. The highest BCUT2D eigenvalue weighted by Gasteiger charge is 2.22. The summed E-state index contributed by atoms with van der Waals surface area (Å²) in [7, 11) is 0. The number of halogens is 1. The van der Waals surface area contributed by atoms with Crippen molar-refractivity contribution in [3.05, 3.63) is 28.5 Å². The van der Waals surface area contributed by atoms with Crippen LogP contribution in [0.25, 0.3) is 0 Å². The minimum absolute atomic E-state index is 0.0149. The number of nitrogens with zero attached hydrogens (tertiary/aromatic N) is 1. The predicted molar refractivity (Wildman–Crippen MR) is 70.4 cm³/mol. The number of aliphatic carboxylic acids is 1. The molecule has 18 heavy (non-hydrogen) atoms. The van der Waals surface area contributed by atoms with Gasteiger partial charge in [-0.3, -0.25) is 9.59 Å². The van der Waals surface area contributed by atoms with Gasteiger partial charge in [-0.2, -0.15) is 0 Å². The van der Waals surface area contributed by atoms with E-state index in [1.165, 1.54) is 0 Å². The molecule has 2 N–H and O–H groups in total. The van der Waals surface area contributed by atoms with Gasteiger partial charge < -0.3 is 10.4 Å². The van der Waals surface area contributed by atoms with Crippen molar-refractivity contribution in [2.45, 2.75) is 32.2 Å². The van der Waals surface area contributed by atoms with Crippen molar-refractivity contribution in [2.75, 3.05) is 0 Å². The summed E-state index contributed by atoms with van der Waals surface area (Å²) in [4.78, 5) is 26.4. The van der Waals surface area contributed by atoms with Crippen LogP contribution in [0.5, 0.6) is 0 Å². The molecule has 98 valence electrons. The molecule has 0 saturated carbocycles. The van der Waals surface area contributed by atoms with E-state index >= 15 is 0 Å². The van der Waals surface area contributed by atoms with E-state index in [-0.39, 0.29) is 12.3 Å². The number of hydrogen-bond donors (Lipinski definition) is 2. The van der Waals surface area contributed by atoms with Crippen LogP contribution < -0.4 is 5.32 Å². The number of hydrogen-bond acceptors (Lipinski definition) is 3. The average Bonchev–Trinajstić information content (AvgIpc) is 2.27. The largest absolute Gasteiger partial charge is 0.481 e. The molecule has 1 aromatic heterocycles. The summed E-state index contributed by atoms with van der Waals surface area (Å²) < 4.78 is 0.796. The summed E-state index contributed by atoms with van der Waals surface area (Å²) in [6, 6.07) is 3.33. The molecule has 0 saturated heterocycles. The lowest BCUT2D eigenvalue weighted by Gasteiger charge is -2.25. The number of nitrogens with one attached hydrogen (secondary N) is 1. The lowest BCUT2D eigenvalue weighted by atomic mass is 9.98. The quantitative estimate of drug-likeness (QED) is 0.873. The molecule has 1 aromatic rings. The molecule has 0 aliphatic rings. The van der Waals surface area contributed by atoms with E-state index < -0.39 is 11.5 Å². The Morgan fingerprint density at radius 1 is 1.44 bits per heavy atom. The van der Waals surface area contributed by atoms with Gasteiger partial charge in [0.2, 0.25) is 0 Å². The monoisotopic (exact) mass is 314 g/mol. The SMILES string of the molecule is CC(C)(CCC(=O)O)NC(=O)c1ccc(Br)cn1. The van der Waals surface area contributed by atoms with Crippen LogP contribution in [0.2, 0.25) is 0 Å². The van der Waals surface area contributed by atoms with Gasteiger partial charge in [0, 0.05) is 22.6 Å². The zero-order valence-electron chi connectivity index (χ0n) is 10.2. The maximum absolute atomic E-state index is 11.9. The van der Waals surface area contributed by atoms with Crippen molar-refractivity contribution >= 4 is 27.8 Å². The molecule has 6 heteroatoms. The van der Waals surface area contributed by atoms with Gasteiger partial charge in [-0.1, -0.05) is 0 Å². The average molecular weight is 315 g/mol. The van der Waals surface area contributed by atoms with E-state index in [4.69, 9.17) is 5.11 Å². The molecule has 0 spiro atoms. The first-order valence-electron chi connectivity index (χ1n) is 5.46. The number of pyridine rings is 1. The van der Waals surface area contributed by atoms with Crippen molar-refractivity contribution in [3.63, 3.8) is 0 Å². The maximum Gasteiger partial charge on any atom is 0.303 e. The van der Waals surface area contributed by atoms with Crippen LogP contribution in [-0.4, -0.2) is 27.5 Å². The lowest BCUT2D eigenvalue weighted by Crippen LogP contribution is -2.44. The Morgan fingerprint density at radius 2 is 2.11 bits per heavy atom. The Bertz CT molecular complexity index is 443. The summed E-state index contributed by atoms with van der Waals surface area (Å²) in [6.45, 7) is 3.57. The number of amides is 1. The zero-order chi connectivity index (χ0) is 13.8. The van der Waals surface area contributed by atoms with Crippen molar-refractivity contribution < 1.29 is 14.7 Å². The number of carboxylic acids is 1. The first-order valence-corrected chi connectivity index (χ1v) is 6.25. The summed E-state index contributed by atoms with van der Waals surface area (Å²) in [5, 5.41) is 11.4. The summed E-state index contributed by atoms with van der Waals surface area (Å²) in [5.41, 5.74) is -0.272. The van der Waals surface area contributed by atoms with Gasteiger partial charge in [0.15, 0.2) is 0 Å². The molecular weight excluding hydrogens is 300 g/mol. The first kappa shape index (κ1) is 14.6. The second-order valence-electron chi connectivity index (χ2n) is 4.59. The van der Waals surface area contributed by atoms with Crippen LogP contribution in [0.4, 0.5) is 0 Å². The number of carbonyl (C=O) groups is 2. The highest BCUT2D eigenvalue weighted by atomic mass is 79.9. The molecule has 0 unspecified atom stereocenters. The highest BCUT2D eigenvalue weighted by molar-refractivity contribution is 9.10. The maximum atomic E-state index is 11.9. The Labute approximate surface area is 114 Å². The standard InChI is InChI=1S/C12H15BrN2O3/c1-12(2,6-5-10(16)17)15-11(18)9-4-3-8(13)7-14-9/h3-4,7H,5-6H2,1-2H3,(H,15,18)(H,16,17). The molecule has 1 heterocycles. The van der Waals surface area contributed by atoms with E-state index in [2.05, 4.69) is 26.2 Å². The van der Waals surface area contributed by atoms with E-state index in [0.29, 0.717) is 12.1 Å². The van der Waals surface area contributed by atoms with Gasteiger partial charge in [-0.05, 0) is 48.3 Å². The topological polar surface area (TPSA) is 79.3 Å². The molecule has 0 bridgehead atoms. The number of aromatic nitrogens is 1. The predicted octanol–water partition coefficient (Wildman–Crippen LogP) is 2.22. The molecular formula is C12H15BrN2O3. The summed E-state index contributed by atoms with van der Waals surface area (Å²) in [5.74, 6) is -1.18. The third kappa shape index (κ3) is 4.83. The molecule has 0 aliphatic carbocycles. The van der Waals surface area contributed by atoms with Crippen LogP contribution in [0.3, 0.4) is 0 Å². The van der Waals surface area contributed by atoms with Gasteiger partial charge in [-0.15, -0.1) is 0 Å². The third-order valence-electron chi connectivity index (χ3n) is 2.38. The lowest BCUT2D eigenvalue weighted by molar-refractivity contribution is -0.137. The Morgan fingerprint density at radius 3 is 2.61 bits per heavy atom. The molecule has 0 atom stereocenters. The molecule has 1 amide bonds. The van der Waals surface area contributed by atoms with Crippen LogP contribution in [0.1, 0.15) is 37.2 Å². The fraction of sp³-hybridized carbons (Fsp3) is 0.417. The summed E-state index contributed by atoms with van der Waals surface area (Å²) >= 11 is 3.24. The fourth-order valence-electron chi connectivity index (χ4n) is 1.36. The van der Waals surface area contributed by atoms with Crippen LogP contribution in [0, 0.1) is 0 Å². The molecule has 0 aliphatic heterocycles. The molecule has 0 fully saturated rings. The van der Waals surface area contributed by atoms with Crippen molar-refractivity contribution in [1.29, 1.82) is 0 Å². The van der Waals surface area contributed by atoms with Gasteiger partial charge >= 0.3 is 5.97 Å². The Kier molecular flexibility index (Phi) is 4.84. The van der Waals surface area contributed by atoms with Crippen molar-refractivity contribution in [2.24, 2.45) is 0 Å². The molecule has 0 aromatic carbocycles. The number of carbonyl (C=O) groups excluding carboxylic acids is 1. The van der Waals surface area contributed by atoms with Gasteiger partial charge in [0.1, 0.15) is 5.69 Å². The van der Waals surface area contributed by atoms with E-state index in [0.717, 1.165) is 4.47 Å². The van der Waals surface area contributed by atoms with Gasteiger partial charge in [-0.25, -0.2) is 4.98 Å². The second kappa shape index (κ2) is 5.95. The van der Waals surface area contributed by atoms with E-state index in [9.17, 15) is 9.59 Å². The minimum Gasteiger partial charge on any atom is -0.481 e. The smallest absolute Gasteiger partial charge is 0.303 e. The Balaban J connectivity index is 2.63. The van der Waals surface area contributed by atoms with Crippen LogP contribution >= 0.6 is 15.9 Å². The molecule has 0 radical (unpaired) electrons. The normalized spacial score (nSPS) is 11.1. The second-order valence-corrected chi connectivity index (χ2v) is 5.51.